The molecule has 0 saturated carbocycles. The van der Waals surface area contributed by atoms with Crippen molar-refractivity contribution in [2.45, 2.75) is 37.3 Å². The molecule has 0 bridgehead atoms. The van der Waals surface area contributed by atoms with Crippen LogP contribution >= 0.6 is 0 Å². The predicted octanol–water partition coefficient (Wildman–Crippen LogP) is 5.80. The Kier molecular flexibility index (Phi) is 6.06. The maximum atomic E-state index is 6.86. The van der Waals surface area contributed by atoms with Crippen LogP contribution in [0.3, 0.4) is 0 Å². The van der Waals surface area contributed by atoms with E-state index in [-0.39, 0.29) is 12.2 Å². The standard InChI is InChI=1S/C30H28B2O4/c1-23-29(25-15-7-3-8-16-25,26-17-9-4-10-18-26)35-31(33-23)32-34-24(2)30(36-32,27-19-11-5-12-20-27)28-21-13-6-14-22-28/h3-24H,1-2H3/t23-,24-/m0/s1. The summed E-state index contributed by atoms with van der Waals surface area (Å²) < 4.78 is 26.7. The highest BCUT2D eigenvalue weighted by Crippen LogP contribution is 2.48. The van der Waals surface area contributed by atoms with Gasteiger partial charge in [0.15, 0.2) is 0 Å². The van der Waals surface area contributed by atoms with Crippen LogP contribution in [0.5, 0.6) is 0 Å². The smallest absolute Gasteiger partial charge is 0.407 e. The van der Waals surface area contributed by atoms with Crippen molar-refractivity contribution in [3.8, 4) is 0 Å². The molecular weight excluding hydrogens is 446 g/mol. The zero-order chi connectivity index (χ0) is 24.6. The third-order valence-electron chi connectivity index (χ3n) is 7.46. The Morgan fingerprint density at radius 1 is 0.444 bits per heavy atom. The van der Waals surface area contributed by atoms with Gasteiger partial charge in [-0.3, -0.25) is 0 Å². The van der Waals surface area contributed by atoms with Crippen molar-refractivity contribution in [2.75, 3.05) is 0 Å². The van der Waals surface area contributed by atoms with Crippen LogP contribution in [0.4, 0.5) is 0 Å². The molecule has 0 aliphatic carbocycles. The molecule has 2 atom stereocenters. The molecule has 4 aromatic rings. The summed E-state index contributed by atoms with van der Waals surface area (Å²) in [4.78, 5) is 0. The monoisotopic (exact) mass is 474 g/mol. The van der Waals surface area contributed by atoms with Gasteiger partial charge in [-0.15, -0.1) is 0 Å². The normalized spacial score (nSPS) is 22.6. The molecule has 0 amide bonds. The molecule has 36 heavy (non-hydrogen) atoms. The minimum absolute atomic E-state index is 0.266. The molecule has 6 rings (SSSR count). The van der Waals surface area contributed by atoms with Crippen molar-refractivity contribution < 1.29 is 18.6 Å². The first-order chi connectivity index (χ1) is 17.6. The lowest BCUT2D eigenvalue weighted by Crippen LogP contribution is -2.43. The minimum atomic E-state index is -0.784. The predicted molar refractivity (Wildman–Crippen MR) is 142 cm³/mol. The maximum Gasteiger partial charge on any atom is 0.489 e. The van der Waals surface area contributed by atoms with Crippen LogP contribution in [0.15, 0.2) is 121 Å². The molecule has 2 heterocycles. The summed E-state index contributed by atoms with van der Waals surface area (Å²) >= 11 is 0. The van der Waals surface area contributed by atoms with Crippen LogP contribution < -0.4 is 0 Å². The molecule has 178 valence electrons. The van der Waals surface area contributed by atoms with Crippen LogP contribution in [-0.2, 0) is 29.8 Å². The van der Waals surface area contributed by atoms with Crippen molar-refractivity contribution in [3.63, 3.8) is 0 Å². The molecule has 0 aromatic heterocycles. The number of hydrogen-bond acceptors (Lipinski definition) is 4. The van der Waals surface area contributed by atoms with Gasteiger partial charge in [0.05, 0.1) is 12.2 Å². The van der Waals surface area contributed by atoms with E-state index in [9.17, 15) is 0 Å². The lowest BCUT2D eigenvalue weighted by atomic mass is 9.49. The Morgan fingerprint density at radius 2 is 0.694 bits per heavy atom. The molecule has 2 aliphatic rings. The summed E-state index contributed by atoms with van der Waals surface area (Å²) in [5, 5.41) is 0. The largest absolute Gasteiger partial charge is 0.489 e. The van der Waals surface area contributed by atoms with E-state index in [0.29, 0.717) is 0 Å². The molecule has 0 unspecified atom stereocenters. The summed E-state index contributed by atoms with van der Waals surface area (Å²) in [5.74, 6) is 0. The van der Waals surface area contributed by atoms with Gasteiger partial charge in [-0.25, -0.2) is 0 Å². The average molecular weight is 474 g/mol. The number of hydrogen-bond donors (Lipinski definition) is 0. The highest BCUT2D eigenvalue weighted by atomic mass is 16.7. The molecule has 0 radical (unpaired) electrons. The number of benzene rings is 4. The van der Waals surface area contributed by atoms with Crippen LogP contribution in [0.2, 0.25) is 0 Å². The first-order valence-corrected chi connectivity index (χ1v) is 12.5. The molecule has 2 saturated heterocycles. The van der Waals surface area contributed by atoms with E-state index in [1.165, 1.54) is 0 Å². The van der Waals surface area contributed by atoms with Crippen LogP contribution in [0.25, 0.3) is 0 Å². The Bertz CT molecular complexity index is 1110. The van der Waals surface area contributed by atoms with E-state index < -0.39 is 25.2 Å². The molecule has 0 spiro atoms. The van der Waals surface area contributed by atoms with Crippen molar-refractivity contribution in [3.05, 3.63) is 144 Å². The summed E-state index contributed by atoms with van der Waals surface area (Å²) in [7, 11) is -1.42. The fourth-order valence-electron chi connectivity index (χ4n) is 5.73. The molecule has 6 heteroatoms. The van der Waals surface area contributed by atoms with Gasteiger partial charge in [0.2, 0.25) is 0 Å². The Balaban J connectivity index is 1.39. The summed E-state index contributed by atoms with van der Waals surface area (Å²) in [6.07, 6.45) is -0.531. The van der Waals surface area contributed by atoms with Gasteiger partial charge in [0.1, 0.15) is 11.2 Å². The molecule has 4 nitrogen and oxygen atoms in total. The lowest BCUT2D eigenvalue weighted by molar-refractivity contribution is 0.0831. The second-order valence-corrected chi connectivity index (χ2v) is 9.46. The lowest BCUT2D eigenvalue weighted by Gasteiger charge is -2.34. The third-order valence-corrected chi connectivity index (χ3v) is 7.46. The van der Waals surface area contributed by atoms with Gasteiger partial charge in [-0.2, -0.15) is 0 Å². The van der Waals surface area contributed by atoms with Gasteiger partial charge in [0.25, 0.3) is 0 Å². The molecule has 2 fully saturated rings. The van der Waals surface area contributed by atoms with E-state index in [4.69, 9.17) is 18.6 Å². The summed E-state index contributed by atoms with van der Waals surface area (Å²) in [6.45, 7) is 4.11. The van der Waals surface area contributed by atoms with E-state index in [0.717, 1.165) is 22.3 Å². The second kappa shape index (κ2) is 9.38. The van der Waals surface area contributed by atoms with Gasteiger partial charge in [-0.05, 0) is 36.1 Å². The zero-order valence-corrected chi connectivity index (χ0v) is 20.5. The van der Waals surface area contributed by atoms with Gasteiger partial charge in [0, 0.05) is 0 Å². The van der Waals surface area contributed by atoms with Crippen molar-refractivity contribution in [1.29, 1.82) is 0 Å². The van der Waals surface area contributed by atoms with Crippen molar-refractivity contribution >= 4 is 14.0 Å². The first-order valence-electron chi connectivity index (χ1n) is 12.5. The van der Waals surface area contributed by atoms with E-state index in [1.54, 1.807) is 0 Å². The van der Waals surface area contributed by atoms with E-state index in [2.05, 4.69) is 62.4 Å². The van der Waals surface area contributed by atoms with Crippen LogP contribution in [-0.4, -0.2) is 26.2 Å². The SMILES string of the molecule is C[C@@H]1OB(B2O[C@@H](C)C(c3ccccc3)(c3ccccc3)O2)OC1(c1ccccc1)c1ccccc1. The van der Waals surface area contributed by atoms with Crippen LogP contribution in [0, 0.1) is 0 Å². The number of rotatable bonds is 5. The molecule has 4 aromatic carbocycles. The summed E-state index contributed by atoms with van der Waals surface area (Å²) in [5.41, 5.74) is 2.58. The van der Waals surface area contributed by atoms with Gasteiger partial charge in [-0.1, -0.05) is 121 Å². The van der Waals surface area contributed by atoms with Crippen molar-refractivity contribution in [2.24, 2.45) is 0 Å². The topological polar surface area (TPSA) is 36.9 Å². The van der Waals surface area contributed by atoms with Crippen LogP contribution in [0.1, 0.15) is 36.1 Å². The molecule has 2 aliphatic heterocycles. The summed E-state index contributed by atoms with van der Waals surface area (Å²) in [6, 6.07) is 41.0. The quantitative estimate of drug-likeness (QED) is 0.343. The first kappa shape index (κ1) is 23.3. The molecular formula is C30H28B2O4. The highest BCUT2D eigenvalue weighted by molar-refractivity contribution is 7.11. The Hall–Kier alpha value is -3.15. The Labute approximate surface area is 213 Å². The maximum absolute atomic E-state index is 6.86. The Morgan fingerprint density at radius 3 is 0.944 bits per heavy atom. The third kappa shape index (κ3) is 3.64. The fraction of sp³-hybridized carbons (Fsp3) is 0.200. The average Bonchev–Trinajstić information content (AvgIpc) is 3.49. The highest BCUT2D eigenvalue weighted by Gasteiger charge is 2.63. The van der Waals surface area contributed by atoms with Gasteiger partial charge < -0.3 is 18.6 Å². The van der Waals surface area contributed by atoms with Crippen molar-refractivity contribution in [1.82, 2.24) is 0 Å². The zero-order valence-electron chi connectivity index (χ0n) is 20.5. The van der Waals surface area contributed by atoms with E-state index in [1.807, 2.05) is 72.8 Å². The van der Waals surface area contributed by atoms with E-state index >= 15 is 0 Å². The molecule has 0 N–H and O–H groups in total. The van der Waals surface area contributed by atoms with Gasteiger partial charge >= 0.3 is 14.0 Å². The minimum Gasteiger partial charge on any atom is -0.407 e. The fourth-order valence-corrected chi connectivity index (χ4v) is 5.73. The second-order valence-electron chi connectivity index (χ2n) is 9.46.